The lowest BCUT2D eigenvalue weighted by Gasteiger charge is -2.35. The molecule has 2 aliphatic rings. The fraction of sp³-hybridized carbons (Fsp3) is 0.889. The molecule has 3 atom stereocenters. The van der Waals surface area contributed by atoms with Crippen LogP contribution in [0.5, 0.6) is 0 Å². The molecule has 0 spiro atoms. The first kappa shape index (κ1) is 8.05. The molecule has 2 rings (SSSR count). The Hall–Kier alpha value is -0.570. The van der Waals surface area contributed by atoms with E-state index in [4.69, 9.17) is 5.73 Å². The Morgan fingerprint density at radius 3 is 2.75 bits per heavy atom. The average Bonchev–Trinajstić information content (AvgIpc) is 2.41. The molecule has 12 heavy (non-hydrogen) atoms. The van der Waals surface area contributed by atoms with Crippen molar-refractivity contribution in [2.75, 3.05) is 0 Å². The monoisotopic (exact) mass is 168 g/mol. The lowest BCUT2D eigenvalue weighted by atomic mass is 9.99. The van der Waals surface area contributed by atoms with E-state index in [1.165, 1.54) is 6.42 Å². The SMILES string of the molecule is C[C@@H]1CC[C@H]2CC[C@H](N)C(=O)N21. The summed E-state index contributed by atoms with van der Waals surface area (Å²) in [6.45, 7) is 2.12. The minimum Gasteiger partial charge on any atom is -0.336 e. The van der Waals surface area contributed by atoms with Gasteiger partial charge in [0.2, 0.25) is 5.91 Å². The van der Waals surface area contributed by atoms with Crippen LogP contribution in [0.15, 0.2) is 0 Å². The van der Waals surface area contributed by atoms with Crippen molar-refractivity contribution in [2.24, 2.45) is 5.73 Å². The van der Waals surface area contributed by atoms with Gasteiger partial charge >= 0.3 is 0 Å². The van der Waals surface area contributed by atoms with Crippen LogP contribution in [0, 0.1) is 0 Å². The van der Waals surface area contributed by atoms with Gasteiger partial charge in [0.25, 0.3) is 0 Å². The quantitative estimate of drug-likeness (QED) is 0.572. The molecule has 0 aromatic carbocycles. The summed E-state index contributed by atoms with van der Waals surface area (Å²) >= 11 is 0. The maximum Gasteiger partial charge on any atom is 0.239 e. The van der Waals surface area contributed by atoms with E-state index in [0.29, 0.717) is 12.1 Å². The van der Waals surface area contributed by atoms with Crippen LogP contribution in [0.3, 0.4) is 0 Å². The van der Waals surface area contributed by atoms with Crippen molar-refractivity contribution in [3.05, 3.63) is 0 Å². The summed E-state index contributed by atoms with van der Waals surface area (Å²) in [5, 5.41) is 0. The van der Waals surface area contributed by atoms with Crippen molar-refractivity contribution in [1.29, 1.82) is 0 Å². The lowest BCUT2D eigenvalue weighted by Crippen LogP contribution is -2.52. The summed E-state index contributed by atoms with van der Waals surface area (Å²) in [4.78, 5) is 13.6. The molecule has 2 heterocycles. The highest BCUT2D eigenvalue weighted by Gasteiger charge is 2.39. The molecular weight excluding hydrogens is 152 g/mol. The van der Waals surface area contributed by atoms with E-state index >= 15 is 0 Å². The number of hydrogen-bond acceptors (Lipinski definition) is 2. The van der Waals surface area contributed by atoms with E-state index in [1.807, 2.05) is 4.90 Å². The molecule has 0 aromatic rings. The molecule has 0 saturated carbocycles. The van der Waals surface area contributed by atoms with Crippen molar-refractivity contribution in [2.45, 2.75) is 50.7 Å². The van der Waals surface area contributed by atoms with Crippen LogP contribution in [0.25, 0.3) is 0 Å². The minimum atomic E-state index is -0.221. The Bertz CT molecular complexity index is 205. The van der Waals surface area contributed by atoms with Crippen molar-refractivity contribution in [1.82, 2.24) is 4.90 Å². The maximum absolute atomic E-state index is 11.6. The zero-order valence-electron chi connectivity index (χ0n) is 7.49. The molecule has 2 fully saturated rings. The van der Waals surface area contributed by atoms with Crippen molar-refractivity contribution < 1.29 is 4.79 Å². The van der Waals surface area contributed by atoms with Crippen molar-refractivity contribution >= 4 is 5.91 Å². The van der Waals surface area contributed by atoms with Gasteiger partial charge in [0, 0.05) is 12.1 Å². The molecule has 0 unspecified atom stereocenters. The second-order valence-electron chi connectivity index (χ2n) is 4.01. The topological polar surface area (TPSA) is 46.3 Å². The van der Waals surface area contributed by atoms with Crippen LogP contribution in [0.2, 0.25) is 0 Å². The summed E-state index contributed by atoms with van der Waals surface area (Å²) in [6, 6.07) is 0.711. The number of nitrogens with zero attached hydrogens (tertiary/aromatic N) is 1. The smallest absolute Gasteiger partial charge is 0.239 e. The molecule has 3 heteroatoms. The molecule has 2 aliphatic heterocycles. The van der Waals surface area contributed by atoms with E-state index in [9.17, 15) is 4.79 Å². The fourth-order valence-corrected chi connectivity index (χ4v) is 2.44. The van der Waals surface area contributed by atoms with Crippen LogP contribution < -0.4 is 5.73 Å². The Morgan fingerprint density at radius 1 is 1.33 bits per heavy atom. The number of carbonyl (C=O) groups is 1. The van der Waals surface area contributed by atoms with Crippen LogP contribution in [-0.4, -0.2) is 28.9 Å². The van der Waals surface area contributed by atoms with Gasteiger partial charge in [-0.1, -0.05) is 0 Å². The molecule has 0 aromatic heterocycles. The zero-order chi connectivity index (χ0) is 8.72. The highest BCUT2D eigenvalue weighted by atomic mass is 16.2. The molecule has 3 nitrogen and oxygen atoms in total. The number of nitrogens with two attached hydrogens (primary N) is 1. The zero-order valence-corrected chi connectivity index (χ0v) is 7.49. The standard InChI is InChI=1S/C9H16N2O/c1-6-2-3-7-4-5-8(10)9(12)11(6)7/h6-8H,2-5,10H2,1H3/t6-,7+,8+/m1/s1. The predicted octanol–water partition coefficient (Wildman–Crippen LogP) is 0.487. The molecule has 0 bridgehead atoms. The van der Waals surface area contributed by atoms with Gasteiger partial charge in [0.1, 0.15) is 0 Å². The van der Waals surface area contributed by atoms with Crippen LogP contribution >= 0.6 is 0 Å². The second-order valence-corrected chi connectivity index (χ2v) is 4.01. The number of piperidine rings is 1. The molecular formula is C9H16N2O. The van der Waals surface area contributed by atoms with Gasteiger partial charge in [0.15, 0.2) is 0 Å². The number of amides is 1. The van der Waals surface area contributed by atoms with E-state index in [-0.39, 0.29) is 11.9 Å². The lowest BCUT2D eigenvalue weighted by molar-refractivity contribution is -0.138. The number of fused-ring (bicyclic) bond motifs is 1. The van der Waals surface area contributed by atoms with Gasteiger partial charge in [-0.3, -0.25) is 4.79 Å². The van der Waals surface area contributed by atoms with Crippen LogP contribution in [-0.2, 0) is 4.79 Å². The molecule has 1 amide bonds. The van der Waals surface area contributed by atoms with Crippen LogP contribution in [0.1, 0.15) is 32.6 Å². The van der Waals surface area contributed by atoms with Crippen molar-refractivity contribution in [3.63, 3.8) is 0 Å². The summed E-state index contributed by atoms with van der Waals surface area (Å²) in [7, 11) is 0. The minimum absolute atomic E-state index is 0.177. The first-order valence-electron chi connectivity index (χ1n) is 4.78. The third-order valence-corrected chi connectivity index (χ3v) is 3.17. The fourth-order valence-electron chi connectivity index (χ4n) is 2.44. The summed E-state index contributed by atoms with van der Waals surface area (Å²) in [5.74, 6) is 0.177. The third-order valence-electron chi connectivity index (χ3n) is 3.17. The van der Waals surface area contributed by atoms with E-state index in [1.54, 1.807) is 0 Å². The molecule has 2 saturated heterocycles. The molecule has 0 radical (unpaired) electrons. The normalized spacial score (nSPS) is 41.7. The van der Waals surface area contributed by atoms with E-state index in [2.05, 4.69) is 6.92 Å². The van der Waals surface area contributed by atoms with E-state index < -0.39 is 0 Å². The van der Waals surface area contributed by atoms with Gasteiger partial charge in [0.05, 0.1) is 6.04 Å². The van der Waals surface area contributed by atoms with Gasteiger partial charge in [-0.15, -0.1) is 0 Å². The first-order valence-corrected chi connectivity index (χ1v) is 4.78. The molecule has 0 aliphatic carbocycles. The number of carbonyl (C=O) groups excluding carboxylic acids is 1. The highest BCUT2D eigenvalue weighted by molar-refractivity contribution is 5.83. The third kappa shape index (κ3) is 1.04. The molecule has 2 N–H and O–H groups in total. The summed E-state index contributed by atoms with van der Waals surface area (Å²) in [6.07, 6.45) is 4.33. The first-order chi connectivity index (χ1) is 5.70. The predicted molar refractivity (Wildman–Crippen MR) is 46.5 cm³/mol. The van der Waals surface area contributed by atoms with Gasteiger partial charge in [-0.25, -0.2) is 0 Å². The Labute approximate surface area is 72.9 Å². The van der Waals surface area contributed by atoms with Gasteiger partial charge < -0.3 is 10.6 Å². The largest absolute Gasteiger partial charge is 0.336 e. The summed E-state index contributed by atoms with van der Waals surface area (Å²) < 4.78 is 0. The van der Waals surface area contributed by atoms with Gasteiger partial charge in [-0.05, 0) is 32.6 Å². The number of hydrogen-bond donors (Lipinski definition) is 1. The Kier molecular flexibility index (Phi) is 1.83. The van der Waals surface area contributed by atoms with Crippen molar-refractivity contribution in [3.8, 4) is 0 Å². The van der Waals surface area contributed by atoms with E-state index in [0.717, 1.165) is 19.3 Å². The Balaban J connectivity index is 2.17. The Morgan fingerprint density at radius 2 is 2.00 bits per heavy atom. The van der Waals surface area contributed by atoms with Crippen LogP contribution in [0.4, 0.5) is 0 Å². The summed E-state index contributed by atoms with van der Waals surface area (Å²) in [5.41, 5.74) is 5.71. The number of rotatable bonds is 0. The maximum atomic E-state index is 11.6. The van der Waals surface area contributed by atoms with Gasteiger partial charge in [-0.2, -0.15) is 0 Å². The highest BCUT2D eigenvalue weighted by Crippen LogP contribution is 2.31. The molecule has 68 valence electrons. The second kappa shape index (κ2) is 2.73. The average molecular weight is 168 g/mol.